The predicted molar refractivity (Wildman–Crippen MR) is 87.2 cm³/mol. The number of rotatable bonds is 4. The van der Waals surface area contributed by atoms with E-state index in [0.29, 0.717) is 12.0 Å². The van der Waals surface area contributed by atoms with Gasteiger partial charge in [0.2, 0.25) is 0 Å². The maximum Gasteiger partial charge on any atom is 0.0690 e. The normalized spacial score (nSPS) is 39.9. The summed E-state index contributed by atoms with van der Waals surface area (Å²) in [5.74, 6) is 1.46. The molecule has 0 bridgehead atoms. The third-order valence-corrected chi connectivity index (χ3v) is 6.72. The van der Waals surface area contributed by atoms with E-state index >= 15 is 0 Å². The first kappa shape index (κ1) is 15.8. The van der Waals surface area contributed by atoms with Gasteiger partial charge in [-0.25, -0.2) is 0 Å². The van der Waals surface area contributed by atoms with E-state index in [2.05, 4.69) is 25.8 Å². The Bertz CT molecular complexity index is 364. The molecule has 3 heteroatoms. The van der Waals surface area contributed by atoms with Crippen LogP contribution in [-0.4, -0.2) is 43.3 Å². The summed E-state index contributed by atoms with van der Waals surface area (Å²) in [6.45, 7) is 7.81. The van der Waals surface area contributed by atoms with Gasteiger partial charge in [-0.1, -0.05) is 33.1 Å². The smallest absolute Gasteiger partial charge is 0.0690 e. The van der Waals surface area contributed by atoms with Crippen LogP contribution in [0.4, 0.5) is 0 Å². The Morgan fingerprint density at radius 1 is 1.10 bits per heavy atom. The first-order valence-electron chi connectivity index (χ1n) is 9.04. The fourth-order valence-corrected chi connectivity index (χ4v) is 5.31. The lowest BCUT2D eigenvalue weighted by molar-refractivity contribution is -0.231. The fourth-order valence-electron chi connectivity index (χ4n) is 5.31. The molecule has 3 atom stereocenters. The van der Waals surface area contributed by atoms with Gasteiger partial charge in [-0.2, -0.15) is 0 Å². The average Bonchev–Trinajstić information content (AvgIpc) is 2.48. The van der Waals surface area contributed by atoms with Crippen molar-refractivity contribution in [2.45, 2.75) is 70.4 Å². The number of nitrogens with two attached hydrogens (primary N) is 1. The highest BCUT2D eigenvalue weighted by Gasteiger charge is 2.66. The molecule has 1 saturated heterocycles. The lowest BCUT2D eigenvalue weighted by atomic mass is 9.46. The van der Waals surface area contributed by atoms with Gasteiger partial charge < -0.3 is 15.4 Å². The Labute approximate surface area is 130 Å². The number of nitrogens with zero attached hydrogens (tertiary/aromatic N) is 1. The Balaban J connectivity index is 1.59. The molecule has 0 spiro atoms. The minimum absolute atomic E-state index is 0.0680. The van der Waals surface area contributed by atoms with Crippen molar-refractivity contribution in [2.24, 2.45) is 23.0 Å². The molecule has 3 unspecified atom stereocenters. The van der Waals surface area contributed by atoms with Crippen LogP contribution in [0, 0.1) is 17.3 Å². The fraction of sp³-hybridized carbons (Fsp3) is 1.00. The maximum absolute atomic E-state index is 6.92. The highest BCUT2D eigenvalue weighted by Crippen LogP contribution is 2.57. The molecule has 3 rings (SSSR count). The SMILES string of the molecule is CN(CC1CCCCC1)CC1(N)C2CCCOC2C1(C)C. The van der Waals surface area contributed by atoms with E-state index in [1.165, 1.54) is 51.5 Å². The van der Waals surface area contributed by atoms with Crippen LogP contribution in [0.5, 0.6) is 0 Å². The third kappa shape index (κ3) is 2.66. The molecule has 0 radical (unpaired) electrons. The van der Waals surface area contributed by atoms with Crippen LogP contribution < -0.4 is 5.73 Å². The summed E-state index contributed by atoms with van der Waals surface area (Å²) >= 11 is 0. The van der Waals surface area contributed by atoms with Crippen molar-refractivity contribution in [2.75, 3.05) is 26.7 Å². The molecular weight excluding hydrogens is 260 g/mol. The lowest BCUT2D eigenvalue weighted by Crippen LogP contribution is -2.80. The first-order chi connectivity index (χ1) is 9.95. The number of likely N-dealkylation sites (N-methyl/N-ethyl adjacent to an activating group) is 1. The van der Waals surface area contributed by atoms with E-state index in [4.69, 9.17) is 10.5 Å². The molecule has 0 amide bonds. The summed E-state index contributed by atoms with van der Waals surface area (Å²) in [7, 11) is 2.27. The molecule has 2 N–H and O–H groups in total. The highest BCUT2D eigenvalue weighted by atomic mass is 16.5. The molecule has 0 aromatic heterocycles. The molecule has 3 nitrogen and oxygen atoms in total. The zero-order chi connectivity index (χ0) is 15.1. The van der Waals surface area contributed by atoms with Crippen molar-refractivity contribution in [3.8, 4) is 0 Å². The van der Waals surface area contributed by atoms with Gasteiger partial charge in [-0.3, -0.25) is 0 Å². The van der Waals surface area contributed by atoms with Crippen LogP contribution in [0.3, 0.4) is 0 Å². The summed E-state index contributed by atoms with van der Waals surface area (Å²) in [6.07, 6.45) is 9.95. The molecule has 0 aromatic carbocycles. The van der Waals surface area contributed by atoms with Crippen LogP contribution in [0.2, 0.25) is 0 Å². The van der Waals surface area contributed by atoms with E-state index in [9.17, 15) is 0 Å². The van der Waals surface area contributed by atoms with E-state index in [1.807, 2.05) is 0 Å². The minimum atomic E-state index is -0.0680. The number of ether oxygens (including phenoxy) is 1. The van der Waals surface area contributed by atoms with Crippen molar-refractivity contribution in [1.29, 1.82) is 0 Å². The molecule has 1 heterocycles. The Morgan fingerprint density at radius 3 is 2.52 bits per heavy atom. The van der Waals surface area contributed by atoms with Crippen molar-refractivity contribution in [3.63, 3.8) is 0 Å². The van der Waals surface area contributed by atoms with E-state index < -0.39 is 0 Å². The Hall–Kier alpha value is -0.120. The topological polar surface area (TPSA) is 38.5 Å². The molecule has 3 fully saturated rings. The second-order valence-corrected chi connectivity index (χ2v) is 8.50. The highest BCUT2D eigenvalue weighted by molar-refractivity contribution is 5.20. The Kier molecular flexibility index (Phi) is 4.37. The number of hydrogen-bond acceptors (Lipinski definition) is 3. The van der Waals surface area contributed by atoms with Gasteiger partial charge in [0.25, 0.3) is 0 Å². The van der Waals surface area contributed by atoms with Crippen LogP contribution in [0.15, 0.2) is 0 Å². The van der Waals surface area contributed by atoms with Gasteiger partial charge in [0.1, 0.15) is 0 Å². The van der Waals surface area contributed by atoms with Gasteiger partial charge in [0.05, 0.1) is 6.10 Å². The second-order valence-electron chi connectivity index (χ2n) is 8.50. The van der Waals surface area contributed by atoms with Crippen LogP contribution >= 0.6 is 0 Å². The standard InChI is InChI=1S/C18H34N2O/c1-17(2)16-15(10-7-11-21-16)18(17,19)13-20(3)12-14-8-5-4-6-9-14/h14-16H,4-13,19H2,1-3H3. The summed E-state index contributed by atoms with van der Waals surface area (Å²) in [4.78, 5) is 2.52. The predicted octanol–water partition coefficient (Wildman–Crippen LogP) is 3.03. The number of fused-ring (bicyclic) bond motifs is 1. The van der Waals surface area contributed by atoms with Crippen molar-refractivity contribution in [3.05, 3.63) is 0 Å². The Morgan fingerprint density at radius 2 is 1.81 bits per heavy atom. The van der Waals surface area contributed by atoms with Gasteiger partial charge in [0, 0.05) is 36.6 Å². The minimum Gasteiger partial charge on any atom is -0.377 e. The van der Waals surface area contributed by atoms with Crippen LogP contribution in [0.1, 0.15) is 58.8 Å². The zero-order valence-electron chi connectivity index (χ0n) is 14.2. The van der Waals surface area contributed by atoms with Gasteiger partial charge in [-0.05, 0) is 38.6 Å². The molecule has 3 aliphatic rings. The quantitative estimate of drug-likeness (QED) is 0.866. The number of hydrogen-bond donors (Lipinski definition) is 1. The molecule has 2 aliphatic carbocycles. The molecule has 21 heavy (non-hydrogen) atoms. The third-order valence-electron chi connectivity index (χ3n) is 6.72. The first-order valence-corrected chi connectivity index (χ1v) is 9.04. The average molecular weight is 294 g/mol. The van der Waals surface area contributed by atoms with Gasteiger partial charge in [-0.15, -0.1) is 0 Å². The van der Waals surface area contributed by atoms with E-state index in [-0.39, 0.29) is 11.0 Å². The van der Waals surface area contributed by atoms with Crippen molar-refractivity contribution < 1.29 is 4.74 Å². The summed E-state index contributed by atoms with van der Waals surface area (Å²) < 4.78 is 6.02. The van der Waals surface area contributed by atoms with Crippen molar-refractivity contribution >= 4 is 0 Å². The van der Waals surface area contributed by atoms with E-state index in [1.54, 1.807) is 0 Å². The lowest BCUT2D eigenvalue weighted by Gasteiger charge is -2.67. The maximum atomic E-state index is 6.92. The largest absolute Gasteiger partial charge is 0.377 e. The summed E-state index contributed by atoms with van der Waals surface area (Å²) in [5, 5.41) is 0. The molecule has 0 aromatic rings. The van der Waals surface area contributed by atoms with Gasteiger partial charge >= 0.3 is 0 Å². The van der Waals surface area contributed by atoms with E-state index in [0.717, 1.165) is 19.1 Å². The monoisotopic (exact) mass is 294 g/mol. The van der Waals surface area contributed by atoms with Gasteiger partial charge in [0.15, 0.2) is 0 Å². The van der Waals surface area contributed by atoms with Crippen LogP contribution in [-0.2, 0) is 4.74 Å². The summed E-state index contributed by atoms with van der Waals surface area (Å²) in [5.41, 5.74) is 6.96. The molecule has 1 aliphatic heterocycles. The zero-order valence-corrected chi connectivity index (χ0v) is 14.2. The van der Waals surface area contributed by atoms with Crippen LogP contribution in [0.25, 0.3) is 0 Å². The molecule has 122 valence electrons. The molecular formula is C18H34N2O. The second kappa shape index (κ2) is 5.82. The molecule has 2 saturated carbocycles. The summed E-state index contributed by atoms with van der Waals surface area (Å²) in [6, 6.07) is 0. The van der Waals surface area contributed by atoms with Crippen molar-refractivity contribution in [1.82, 2.24) is 4.90 Å².